The second kappa shape index (κ2) is 5.22. The largest absolute Gasteiger partial charge is 0.271 e. The van der Waals surface area contributed by atoms with Gasteiger partial charge in [0.25, 0.3) is 0 Å². The fourth-order valence-corrected chi connectivity index (χ4v) is 2.94. The Bertz CT molecular complexity index is 486. The maximum Gasteiger partial charge on any atom is 0.123 e. The van der Waals surface area contributed by atoms with E-state index in [1.807, 2.05) is 17.5 Å². The van der Waals surface area contributed by atoms with Gasteiger partial charge in [-0.1, -0.05) is 12.1 Å². The number of halogens is 2. The minimum atomic E-state index is -0.248. The van der Waals surface area contributed by atoms with Gasteiger partial charge in [-0.05, 0) is 57.3 Å². The number of nitrogens with two attached hydrogens (primary N) is 1. The van der Waals surface area contributed by atoms with E-state index in [2.05, 4.69) is 28.0 Å². The predicted molar refractivity (Wildman–Crippen MR) is 72.6 cm³/mol. The number of hydrazine groups is 1. The second-order valence-corrected chi connectivity index (χ2v) is 6.14. The summed E-state index contributed by atoms with van der Waals surface area (Å²) in [5, 5.41) is 2.03. The summed E-state index contributed by atoms with van der Waals surface area (Å²) in [5.74, 6) is 5.28. The van der Waals surface area contributed by atoms with Gasteiger partial charge in [-0.2, -0.15) is 0 Å². The van der Waals surface area contributed by atoms with Crippen molar-refractivity contribution in [3.8, 4) is 0 Å². The lowest BCUT2D eigenvalue weighted by molar-refractivity contribution is 0.606. The van der Waals surface area contributed by atoms with Gasteiger partial charge in [0.05, 0.1) is 8.93 Å². The predicted octanol–water partition coefficient (Wildman–Crippen LogP) is 3.04. The topological polar surface area (TPSA) is 38.0 Å². The highest BCUT2D eigenvalue weighted by molar-refractivity contribution is 14.1. The van der Waals surface area contributed by atoms with Crippen molar-refractivity contribution in [3.05, 3.63) is 55.5 Å². The van der Waals surface area contributed by atoms with Gasteiger partial charge >= 0.3 is 0 Å². The normalized spacial score (nSPS) is 12.7. The van der Waals surface area contributed by atoms with Gasteiger partial charge in [0.1, 0.15) is 5.82 Å². The Hall–Kier alpha value is -0.500. The Labute approximate surface area is 111 Å². The van der Waals surface area contributed by atoms with Gasteiger partial charge in [-0.15, -0.1) is 11.3 Å². The Kier molecular flexibility index (Phi) is 3.91. The lowest BCUT2D eigenvalue weighted by Gasteiger charge is -2.14. The summed E-state index contributed by atoms with van der Waals surface area (Å²) in [6.45, 7) is 0. The first kappa shape index (κ1) is 12.0. The zero-order valence-electron chi connectivity index (χ0n) is 8.28. The first-order chi connectivity index (χ1) is 7.70. The molecule has 16 heavy (non-hydrogen) atoms. The average Bonchev–Trinajstić information content (AvgIpc) is 2.66. The van der Waals surface area contributed by atoms with Crippen molar-refractivity contribution in [2.75, 3.05) is 0 Å². The molecule has 1 heterocycles. The van der Waals surface area contributed by atoms with Gasteiger partial charge in [0, 0.05) is 0 Å². The number of hydrogen-bond donors (Lipinski definition) is 2. The summed E-state index contributed by atoms with van der Waals surface area (Å²) in [6, 6.07) is 8.35. The van der Waals surface area contributed by atoms with Gasteiger partial charge in [-0.3, -0.25) is 5.84 Å². The quantitative estimate of drug-likeness (QED) is 0.508. The molecule has 5 heteroatoms. The number of nitrogens with one attached hydrogen (secondary N) is 1. The first-order valence-corrected chi connectivity index (χ1v) is 6.62. The summed E-state index contributed by atoms with van der Waals surface area (Å²) < 4.78 is 14.3. The van der Waals surface area contributed by atoms with Gasteiger partial charge in [0.2, 0.25) is 0 Å². The molecule has 0 spiro atoms. The van der Waals surface area contributed by atoms with Crippen molar-refractivity contribution in [3.63, 3.8) is 0 Å². The van der Waals surface area contributed by atoms with E-state index in [-0.39, 0.29) is 11.9 Å². The van der Waals surface area contributed by atoms with Gasteiger partial charge in [-0.25, -0.2) is 9.82 Å². The van der Waals surface area contributed by atoms with E-state index in [9.17, 15) is 4.39 Å². The molecule has 0 fully saturated rings. The maximum atomic E-state index is 13.1. The minimum absolute atomic E-state index is 0.157. The van der Waals surface area contributed by atoms with E-state index in [1.165, 1.54) is 15.0 Å². The molecule has 0 aliphatic carbocycles. The number of benzene rings is 1. The monoisotopic (exact) mass is 348 g/mol. The van der Waals surface area contributed by atoms with Crippen LogP contribution in [0.3, 0.4) is 0 Å². The molecule has 1 atom stereocenters. The fraction of sp³-hybridized carbons (Fsp3) is 0.0909. The molecule has 0 aliphatic heterocycles. The van der Waals surface area contributed by atoms with E-state index in [0.29, 0.717) is 0 Å². The zero-order chi connectivity index (χ0) is 11.5. The lowest BCUT2D eigenvalue weighted by Crippen LogP contribution is -2.28. The molecule has 0 amide bonds. The van der Waals surface area contributed by atoms with Crippen LogP contribution in [-0.2, 0) is 0 Å². The van der Waals surface area contributed by atoms with Crippen molar-refractivity contribution in [1.82, 2.24) is 5.43 Å². The van der Waals surface area contributed by atoms with E-state index >= 15 is 0 Å². The molecule has 1 unspecified atom stereocenters. The van der Waals surface area contributed by atoms with Crippen molar-refractivity contribution in [2.45, 2.75) is 6.04 Å². The van der Waals surface area contributed by atoms with Crippen LogP contribution in [0.4, 0.5) is 4.39 Å². The number of hydrogen-bond acceptors (Lipinski definition) is 3. The summed E-state index contributed by atoms with van der Waals surface area (Å²) in [7, 11) is 0. The second-order valence-electron chi connectivity index (χ2n) is 3.34. The molecule has 2 aromatic rings. The van der Waals surface area contributed by atoms with Crippen molar-refractivity contribution < 1.29 is 4.39 Å². The molecule has 84 valence electrons. The third-order valence-corrected chi connectivity index (χ3v) is 4.08. The highest BCUT2D eigenvalue weighted by Crippen LogP contribution is 2.27. The summed E-state index contributed by atoms with van der Waals surface area (Å²) in [4.78, 5) is 0. The van der Waals surface area contributed by atoms with E-state index in [0.717, 1.165) is 11.1 Å². The standard InChI is InChI=1S/C11H10FIN2S/c12-9-3-1-2-7(4-9)11(15-14)8-5-10(13)16-6-8/h1-6,11,15H,14H2. The highest BCUT2D eigenvalue weighted by Gasteiger charge is 2.14. The van der Waals surface area contributed by atoms with Crippen LogP contribution in [0.25, 0.3) is 0 Å². The molecule has 2 rings (SSSR count). The fourth-order valence-electron chi connectivity index (χ4n) is 1.55. The SMILES string of the molecule is NNC(c1cccc(F)c1)c1csc(I)c1. The Morgan fingerprint density at radius 2 is 2.12 bits per heavy atom. The van der Waals surface area contributed by atoms with E-state index in [1.54, 1.807) is 17.4 Å². The van der Waals surface area contributed by atoms with Crippen LogP contribution in [0.5, 0.6) is 0 Å². The molecule has 0 aliphatic rings. The molecular weight excluding hydrogens is 338 g/mol. The highest BCUT2D eigenvalue weighted by atomic mass is 127. The summed E-state index contributed by atoms with van der Waals surface area (Å²) in [6.07, 6.45) is 0. The van der Waals surface area contributed by atoms with Crippen molar-refractivity contribution >= 4 is 33.9 Å². The molecular formula is C11H10FIN2S. The molecule has 2 nitrogen and oxygen atoms in total. The smallest absolute Gasteiger partial charge is 0.123 e. The number of thiophene rings is 1. The molecule has 1 aromatic carbocycles. The molecule has 0 radical (unpaired) electrons. The molecule has 0 saturated heterocycles. The van der Waals surface area contributed by atoms with Crippen LogP contribution in [-0.4, -0.2) is 0 Å². The van der Waals surface area contributed by atoms with Gasteiger partial charge in [0.15, 0.2) is 0 Å². The van der Waals surface area contributed by atoms with E-state index in [4.69, 9.17) is 5.84 Å². The zero-order valence-corrected chi connectivity index (χ0v) is 11.3. The third kappa shape index (κ3) is 2.60. The van der Waals surface area contributed by atoms with Gasteiger partial charge < -0.3 is 0 Å². The maximum absolute atomic E-state index is 13.1. The molecule has 1 aromatic heterocycles. The van der Waals surface area contributed by atoms with Crippen LogP contribution in [0.1, 0.15) is 17.2 Å². The molecule has 3 N–H and O–H groups in total. The summed E-state index contributed by atoms with van der Waals surface area (Å²) >= 11 is 3.90. The average molecular weight is 348 g/mol. The van der Waals surface area contributed by atoms with Crippen molar-refractivity contribution in [2.24, 2.45) is 5.84 Å². The Morgan fingerprint density at radius 1 is 1.31 bits per heavy atom. The third-order valence-electron chi connectivity index (χ3n) is 2.27. The van der Waals surface area contributed by atoms with Crippen LogP contribution in [0.15, 0.2) is 35.7 Å². The van der Waals surface area contributed by atoms with Crippen LogP contribution in [0.2, 0.25) is 0 Å². The van der Waals surface area contributed by atoms with E-state index < -0.39 is 0 Å². The molecule has 0 saturated carbocycles. The van der Waals surface area contributed by atoms with Crippen LogP contribution >= 0.6 is 33.9 Å². The number of rotatable bonds is 3. The minimum Gasteiger partial charge on any atom is -0.271 e. The van der Waals surface area contributed by atoms with Crippen LogP contribution < -0.4 is 11.3 Å². The van der Waals surface area contributed by atoms with Crippen molar-refractivity contribution in [1.29, 1.82) is 0 Å². The first-order valence-electron chi connectivity index (χ1n) is 4.66. The summed E-state index contributed by atoms with van der Waals surface area (Å²) in [5.41, 5.74) is 4.60. The lowest BCUT2D eigenvalue weighted by atomic mass is 10.0. The van der Waals surface area contributed by atoms with Crippen LogP contribution in [0, 0.1) is 8.70 Å². The Balaban J connectivity index is 2.36. The molecule has 0 bridgehead atoms. The Morgan fingerprint density at radius 3 is 2.69 bits per heavy atom.